The number of rotatable bonds is 10. The number of carbonyl (C=O) groups excluding carboxylic acids is 3. The first kappa shape index (κ1) is 28.7. The Balaban J connectivity index is 2.34. The van der Waals surface area contributed by atoms with E-state index in [-0.39, 0.29) is 6.79 Å². The SMILES string of the molecule is C/C=C(/C)C(=O)O[C@H](c1cc(OC)c2c(c1)OCO2)[C@H](C)OC(=O)[C@](C)(O)[C@H](C)OC(=O)/C(C)=C/C. The van der Waals surface area contributed by atoms with Gasteiger partial charge in [0.25, 0.3) is 0 Å². The lowest BCUT2D eigenvalue weighted by molar-refractivity contribution is -0.192. The molecule has 1 aliphatic heterocycles. The molecule has 0 amide bonds. The second-order valence-corrected chi connectivity index (χ2v) is 8.53. The smallest absolute Gasteiger partial charge is 0.342 e. The fraction of sp³-hybridized carbons (Fsp3) is 0.500. The van der Waals surface area contributed by atoms with E-state index in [1.54, 1.807) is 52.0 Å². The average molecular weight is 507 g/mol. The van der Waals surface area contributed by atoms with Gasteiger partial charge in [-0.3, -0.25) is 0 Å². The monoisotopic (exact) mass is 506 g/mol. The summed E-state index contributed by atoms with van der Waals surface area (Å²) in [4.78, 5) is 37.7. The summed E-state index contributed by atoms with van der Waals surface area (Å²) >= 11 is 0. The quantitative estimate of drug-likeness (QED) is 0.286. The van der Waals surface area contributed by atoms with Crippen molar-refractivity contribution in [2.24, 2.45) is 0 Å². The molecule has 1 aliphatic rings. The number of fused-ring (bicyclic) bond motifs is 1. The molecule has 198 valence electrons. The van der Waals surface area contributed by atoms with Gasteiger partial charge in [-0.2, -0.15) is 0 Å². The number of carbonyl (C=O) groups is 3. The number of hydrogen-bond donors (Lipinski definition) is 1. The van der Waals surface area contributed by atoms with Gasteiger partial charge >= 0.3 is 17.9 Å². The maximum atomic E-state index is 13.0. The number of esters is 3. The molecule has 0 spiro atoms. The highest BCUT2D eigenvalue weighted by atomic mass is 16.7. The Kier molecular flexibility index (Phi) is 9.52. The van der Waals surface area contributed by atoms with Crippen molar-refractivity contribution >= 4 is 17.9 Å². The van der Waals surface area contributed by atoms with E-state index in [4.69, 9.17) is 28.4 Å². The largest absolute Gasteiger partial charge is 0.493 e. The van der Waals surface area contributed by atoms with Crippen LogP contribution >= 0.6 is 0 Å². The molecule has 1 N–H and O–H groups in total. The number of allylic oxidation sites excluding steroid dienone is 2. The Morgan fingerprint density at radius 2 is 1.58 bits per heavy atom. The second-order valence-electron chi connectivity index (χ2n) is 8.53. The van der Waals surface area contributed by atoms with Gasteiger partial charge < -0.3 is 33.5 Å². The maximum absolute atomic E-state index is 13.0. The molecule has 0 unspecified atom stereocenters. The van der Waals surface area contributed by atoms with Gasteiger partial charge in [-0.05, 0) is 60.6 Å². The Labute approximate surface area is 210 Å². The Hall–Kier alpha value is -3.53. The Morgan fingerprint density at radius 1 is 1.00 bits per heavy atom. The molecule has 10 heteroatoms. The molecule has 1 aromatic rings. The normalized spacial score (nSPS) is 17.4. The Bertz CT molecular complexity index is 1050. The standard InChI is InChI=1S/C26H34O10/c1-9-14(3)23(27)35-17(6)26(7,30)25(29)34-16(5)21(36-24(28)15(4)10-2)18-11-19(31-8)22-20(12-18)32-13-33-22/h9-12,16-17,21,30H,13H2,1-8H3/b14-9+,15-10-/t16-,17-,21-,26+/m0/s1. The van der Waals surface area contributed by atoms with E-state index in [9.17, 15) is 19.5 Å². The molecular formula is C26H34O10. The molecule has 4 atom stereocenters. The zero-order chi connectivity index (χ0) is 27.2. The van der Waals surface area contributed by atoms with Crippen LogP contribution in [0.3, 0.4) is 0 Å². The summed E-state index contributed by atoms with van der Waals surface area (Å²) in [6.45, 7) is 10.6. The Morgan fingerprint density at radius 3 is 2.14 bits per heavy atom. The number of methoxy groups -OCH3 is 1. The lowest BCUT2D eigenvalue weighted by atomic mass is 9.99. The van der Waals surface area contributed by atoms with Crippen LogP contribution in [0.25, 0.3) is 0 Å². The molecular weight excluding hydrogens is 472 g/mol. The first-order valence-corrected chi connectivity index (χ1v) is 11.5. The molecule has 0 saturated heterocycles. The van der Waals surface area contributed by atoms with E-state index in [1.807, 2.05) is 0 Å². The van der Waals surface area contributed by atoms with Crippen LogP contribution < -0.4 is 14.2 Å². The van der Waals surface area contributed by atoms with Crippen LogP contribution in [0.4, 0.5) is 0 Å². The highest BCUT2D eigenvalue weighted by Crippen LogP contribution is 2.44. The van der Waals surface area contributed by atoms with E-state index in [0.29, 0.717) is 34.0 Å². The van der Waals surface area contributed by atoms with Gasteiger partial charge in [-0.25, -0.2) is 14.4 Å². The highest BCUT2D eigenvalue weighted by molar-refractivity contribution is 5.89. The van der Waals surface area contributed by atoms with E-state index in [2.05, 4.69) is 0 Å². The van der Waals surface area contributed by atoms with Gasteiger partial charge in [-0.1, -0.05) is 12.2 Å². The van der Waals surface area contributed by atoms with Gasteiger partial charge in [0.1, 0.15) is 12.2 Å². The van der Waals surface area contributed by atoms with Crippen molar-refractivity contribution in [1.29, 1.82) is 0 Å². The van der Waals surface area contributed by atoms with Gasteiger partial charge in [0.15, 0.2) is 23.2 Å². The molecule has 1 aromatic carbocycles. The average Bonchev–Trinajstić information content (AvgIpc) is 3.33. The van der Waals surface area contributed by atoms with Crippen molar-refractivity contribution in [3.63, 3.8) is 0 Å². The topological polar surface area (TPSA) is 127 Å². The first-order chi connectivity index (χ1) is 16.9. The van der Waals surface area contributed by atoms with Crippen molar-refractivity contribution in [3.8, 4) is 17.2 Å². The van der Waals surface area contributed by atoms with Gasteiger partial charge in [-0.15, -0.1) is 0 Å². The lowest BCUT2D eigenvalue weighted by Crippen LogP contribution is -2.49. The van der Waals surface area contributed by atoms with Crippen molar-refractivity contribution < 1.29 is 47.9 Å². The molecule has 0 saturated carbocycles. The number of aliphatic hydroxyl groups is 1. The van der Waals surface area contributed by atoms with Crippen molar-refractivity contribution in [2.75, 3.05) is 13.9 Å². The van der Waals surface area contributed by atoms with E-state index >= 15 is 0 Å². The summed E-state index contributed by atoms with van der Waals surface area (Å²) in [5.41, 5.74) is -1.10. The van der Waals surface area contributed by atoms with Crippen LogP contribution in [0.1, 0.15) is 60.1 Å². The number of benzene rings is 1. The second kappa shape index (κ2) is 11.9. The minimum atomic E-state index is -2.18. The van der Waals surface area contributed by atoms with Crippen LogP contribution in [-0.2, 0) is 28.6 Å². The molecule has 0 aliphatic carbocycles. The van der Waals surface area contributed by atoms with Gasteiger partial charge in [0, 0.05) is 16.7 Å². The number of hydrogen-bond acceptors (Lipinski definition) is 10. The van der Waals surface area contributed by atoms with Crippen molar-refractivity contribution in [1.82, 2.24) is 0 Å². The van der Waals surface area contributed by atoms with Gasteiger partial charge in [0.05, 0.1) is 7.11 Å². The third kappa shape index (κ3) is 6.37. The third-order valence-corrected chi connectivity index (χ3v) is 5.96. The van der Waals surface area contributed by atoms with Crippen LogP contribution in [0.15, 0.2) is 35.4 Å². The first-order valence-electron chi connectivity index (χ1n) is 11.5. The van der Waals surface area contributed by atoms with Crippen LogP contribution in [0.2, 0.25) is 0 Å². The molecule has 36 heavy (non-hydrogen) atoms. The zero-order valence-electron chi connectivity index (χ0n) is 21.9. The van der Waals surface area contributed by atoms with Crippen molar-refractivity contribution in [3.05, 3.63) is 41.0 Å². The number of ether oxygens (including phenoxy) is 6. The summed E-state index contributed by atoms with van der Waals surface area (Å²) in [5, 5.41) is 10.8. The molecule has 1 heterocycles. The fourth-order valence-corrected chi connectivity index (χ4v) is 3.08. The predicted molar refractivity (Wildman–Crippen MR) is 129 cm³/mol. The summed E-state index contributed by atoms with van der Waals surface area (Å²) in [6, 6.07) is 3.18. The molecule has 2 rings (SSSR count). The summed E-state index contributed by atoms with van der Waals surface area (Å²) in [7, 11) is 1.45. The van der Waals surface area contributed by atoms with Crippen LogP contribution in [-0.4, -0.2) is 54.7 Å². The molecule has 10 nitrogen and oxygen atoms in total. The summed E-state index contributed by atoms with van der Waals surface area (Å²) < 4.78 is 32.7. The minimum Gasteiger partial charge on any atom is -0.493 e. The highest BCUT2D eigenvalue weighted by Gasteiger charge is 2.43. The predicted octanol–water partition coefficient (Wildman–Crippen LogP) is 3.56. The lowest BCUT2D eigenvalue weighted by Gasteiger charge is -2.31. The van der Waals surface area contributed by atoms with E-state index in [0.717, 1.165) is 0 Å². The molecule has 0 fully saturated rings. The molecule has 0 radical (unpaired) electrons. The third-order valence-electron chi connectivity index (χ3n) is 5.96. The molecule has 0 bridgehead atoms. The van der Waals surface area contributed by atoms with E-state index in [1.165, 1.54) is 27.9 Å². The van der Waals surface area contributed by atoms with Crippen LogP contribution in [0, 0.1) is 0 Å². The molecule has 0 aromatic heterocycles. The van der Waals surface area contributed by atoms with Gasteiger partial charge in [0.2, 0.25) is 12.5 Å². The minimum absolute atomic E-state index is 0.00596. The summed E-state index contributed by atoms with van der Waals surface area (Å²) in [6.07, 6.45) is -0.252. The fourth-order valence-electron chi connectivity index (χ4n) is 3.08. The maximum Gasteiger partial charge on any atom is 0.342 e. The zero-order valence-corrected chi connectivity index (χ0v) is 21.9. The van der Waals surface area contributed by atoms with E-state index < -0.39 is 41.8 Å². The summed E-state index contributed by atoms with van der Waals surface area (Å²) in [5.74, 6) is -1.25. The van der Waals surface area contributed by atoms with Crippen molar-refractivity contribution in [2.45, 2.75) is 72.4 Å². The van der Waals surface area contributed by atoms with Crippen LogP contribution in [0.5, 0.6) is 17.2 Å².